The summed E-state index contributed by atoms with van der Waals surface area (Å²) in [6.07, 6.45) is 4.74. The van der Waals surface area contributed by atoms with Crippen LogP contribution in [0.2, 0.25) is 5.02 Å². The van der Waals surface area contributed by atoms with Crippen molar-refractivity contribution in [1.29, 1.82) is 0 Å². The minimum atomic E-state index is 0.662. The van der Waals surface area contributed by atoms with Gasteiger partial charge in [0, 0.05) is 41.3 Å². The zero-order valence-electron chi connectivity index (χ0n) is 12.0. The van der Waals surface area contributed by atoms with Crippen LogP contribution in [0, 0.1) is 0 Å². The van der Waals surface area contributed by atoms with Crippen LogP contribution in [0.25, 0.3) is 10.9 Å². The van der Waals surface area contributed by atoms with Gasteiger partial charge in [-0.05, 0) is 43.6 Å². The van der Waals surface area contributed by atoms with Crippen LogP contribution in [0.3, 0.4) is 0 Å². The number of nitrogens with zero attached hydrogens (tertiary/aromatic N) is 1. The number of rotatable bonds is 5. The fourth-order valence-electron chi connectivity index (χ4n) is 3.06. The third-order valence-corrected chi connectivity index (χ3v) is 4.45. The average molecular weight is 292 g/mol. The van der Waals surface area contributed by atoms with Crippen LogP contribution in [-0.4, -0.2) is 35.6 Å². The Bertz CT molecular complexity index is 572. The first kappa shape index (κ1) is 13.9. The molecule has 0 radical (unpaired) electrons. The molecule has 20 heavy (non-hydrogen) atoms. The highest BCUT2D eigenvalue weighted by Crippen LogP contribution is 2.23. The fourth-order valence-corrected chi connectivity index (χ4v) is 3.23. The van der Waals surface area contributed by atoms with Gasteiger partial charge >= 0.3 is 0 Å². The zero-order chi connectivity index (χ0) is 13.9. The molecule has 1 aliphatic heterocycles. The zero-order valence-corrected chi connectivity index (χ0v) is 12.7. The SMILES string of the molecule is CCN(Cc1c[nH]c2cc(Cl)ccc12)CC1CCCN1. The molecule has 4 heteroatoms. The van der Waals surface area contributed by atoms with Crippen LogP contribution >= 0.6 is 11.6 Å². The molecule has 1 aromatic heterocycles. The molecular weight excluding hydrogens is 270 g/mol. The van der Waals surface area contributed by atoms with Crippen molar-refractivity contribution in [2.75, 3.05) is 19.6 Å². The summed E-state index contributed by atoms with van der Waals surface area (Å²) in [5.74, 6) is 0. The monoisotopic (exact) mass is 291 g/mol. The lowest BCUT2D eigenvalue weighted by Crippen LogP contribution is -2.37. The van der Waals surface area contributed by atoms with Gasteiger partial charge in [0.25, 0.3) is 0 Å². The summed E-state index contributed by atoms with van der Waals surface area (Å²) in [7, 11) is 0. The molecule has 1 unspecified atom stereocenters. The minimum Gasteiger partial charge on any atom is -0.361 e. The summed E-state index contributed by atoms with van der Waals surface area (Å²) >= 11 is 6.04. The topological polar surface area (TPSA) is 31.1 Å². The summed E-state index contributed by atoms with van der Waals surface area (Å²) in [5, 5.41) is 5.65. The van der Waals surface area contributed by atoms with Gasteiger partial charge in [0.15, 0.2) is 0 Å². The van der Waals surface area contributed by atoms with E-state index in [1.807, 2.05) is 12.1 Å². The largest absolute Gasteiger partial charge is 0.361 e. The Kier molecular flexibility index (Phi) is 4.29. The van der Waals surface area contributed by atoms with E-state index in [1.54, 1.807) is 0 Å². The quantitative estimate of drug-likeness (QED) is 0.885. The molecule has 0 saturated carbocycles. The Balaban J connectivity index is 1.73. The van der Waals surface area contributed by atoms with Crippen molar-refractivity contribution in [2.24, 2.45) is 0 Å². The highest BCUT2D eigenvalue weighted by Gasteiger charge is 2.17. The molecule has 1 fully saturated rings. The maximum absolute atomic E-state index is 6.04. The van der Waals surface area contributed by atoms with Gasteiger partial charge in [-0.2, -0.15) is 0 Å². The van der Waals surface area contributed by atoms with E-state index in [4.69, 9.17) is 11.6 Å². The van der Waals surface area contributed by atoms with Crippen molar-refractivity contribution in [3.63, 3.8) is 0 Å². The van der Waals surface area contributed by atoms with Gasteiger partial charge < -0.3 is 10.3 Å². The Morgan fingerprint density at radius 3 is 3.05 bits per heavy atom. The lowest BCUT2D eigenvalue weighted by molar-refractivity contribution is 0.254. The third-order valence-electron chi connectivity index (χ3n) is 4.21. The average Bonchev–Trinajstić information content (AvgIpc) is 3.08. The van der Waals surface area contributed by atoms with E-state index in [-0.39, 0.29) is 0 Å². The molecule has 0 bridgehead atoms. The van der Waals surface area contributed by atoms with Crippen molar-refractivity contribution in [3.8, 4) is 0 Å². The van der Waals surface area contributed by atoms with Crippen LogP contribution in [0.5, 0.6) is 0 Å². The molecule has 3 nitrogen and oxygen atoms in total. The fraction of sp³-hybridized carbons (Fsp3) is 0.500. The second kappa shape index (κ2) is 6.17. The number of benzene rings is 1. The minimum absolute atomic E-state index is 0.662. The number of hydrogen-bond acceptors (Lipinski definition) is 2. The highest BCUT2D eigenvalue weighted by molar-refractivity contribution is 6.31. The van der Waals surface area contributed by atoms with Gasteiger partial charge in [-0.3, -0.25) is 4.90 Å². The molecule has 1 aromatic carbocycles. The molecule has 0 amide bonds. The molecule has 0 spiro atoms. The first-order valence-corrected chi connectivity index (χ1v) is 7.85. The van der Waals surface area contributed by atoms with Gasteiger partial charge in [0.2, 0.25) is 0 Å². The molecule has 2 N–H and O–H groups in total. The summed E-state index contributed by atoms with van der Waals surface area (Å²) in [5.41, 5.74) is 2.49. The van der Waals surface area contributed by atoms with E-state index in [1.165, 1.54) is 30.3 Å². The van der Waals surface area contributed by atoms with Crippen molar-refractivity contribution in [2.45, 2.75) is 32.4 Å². The Hall–Kier alpha value is -1.03. The number of likely N-dealkylation sites (N-methyl/N-ethyl adjacent to an activating group) is 1. The number of aromatic amines is 1. The number of halogens is 1. The molecule has 1 saturated heterocycles. The Labute approximate surface area is 125 Å². The molecule has 1 atom stereocenters. The number of aromatic nitrogens is 1. The van der Waals surface area contributed by atoms with E-state index in [0.29, 0.717) is 6.04 Å². The van der Waals surface area contributed by atoms with Crippen molar-refractivity contribution >= 4 is 22.5 Å². The van der Waals surface area contributed by atoms with Gasteiger partial charge in [0.05, 0.1) is 0 Å². The maximum atomic E-state index is 6.04. The van der Waals surface area contributed by atoms with Gasteiger partial charge in [-0.15, -0.1) is 0 Å². The Morgan fingerprint density at radius 1 is 1.40 bits per heavy atom. The number of hydrogen-bond donors (Lipinski definition) is 2. The Morgan fingerprint density at radius 2 is 2.30 bits per heavy atom. The van der Waals surface area contributed by atoms with E-state index in [2.05, 4.69) is 34.4 Å². The van der Waals surface area contributed by atoms with Crippen LogP contribution in [0.15, 0.2) is 24.4 Å². The predicted molar refractivity (Wildman–Crippen MR) is 85.3 cm³/mol. The van der Waals surface area contributed by atoms with Crippen LogP contribution < -0.4 is 5.32 Å². The van der Waals surface area contributed by atoms with E-state index in [9.17, 15) is 0 Å². The second-order valence-electron chi connectivity index (χ2n) is 5.62. The molecular formula is C16H22ClN3. The van der Waals surface area contributed by atoms with Crippen LogP contribution in [0.4, 0.5) is 0 Å². The molecule has 2 heterocycles. The van der Waals surface area contributed by atoms with Crippen molar-refractivity contribution in [1.82, 2.24) is 15.2 Å². The summed E-state index contributed by atoms with van der Waals surface area (Å²) in [6, 6.07) is 6.74. The lowest BCUT2D eigenvalue weighted by atomic mass is 10.1. The number of H-pyrrole nitrogens is 1. The normalized spacial score (nSPS) is 19.2. The molecule has 3 rings (SSSR count). The highest BCUT2D eigenvalue weighted by atomic mass is 35.5. The van der Waals surface area contributed by atoms with E-state index < -0.39 is 0 Å². The molecule has 2 aromatic rings. The molecule has 0 aliphatic carbocycles. The van der Waals surface area contributed by atoms with Crippen LogP contribution in [-0.2, 0) is 6.54 Å². The second-order valence-corrected chi connectivity index (χ2v) is 6.06. The van der Waals surface area contributed by atoms with Crippen LogP contribution in [0.1, 0.15) is 25.3 Å². The summed E-state index contributed by atoms with van der Waals surface area (Å²) < 4.78 is 0. The lowest BCUT2D eigenvalue weighted by Gasteiger charge is -2.24. The van der Waals surface area contributed by atoms with Gasteiger partial charge in [-0.25, -0.2) is 0 Å². The molecule has 108 valence electrons. The summed E-state index contributed by atoms with van der Waals surface area (Å²) in [6.45, 7) is 6.62. The number of nitrogens with one attached hydrogen (secondary N) is 2. The smallest absolute Gasteiger partial charge is 0.0472 e. The number of fused-ring (bicyclic) bond motifs is 1. The maximum Gasteiger partial charge on any atom is 0.0472 e. The standard InChI is InChI=1S/C16H22ClN3/c1-2-20(11-14-4-3-7-18-14)10-12-9-19-16-8-13(17)5-6-15(12)16/h5-6,8-9,14,18-19H,2-4,7,10-11H2,1H3. The first-order chi connectivity index (χ1) is 9.76. The van der Waals surface area contributed by atoms with Gasteiger partial charge in [-0.1, -0.05) is 24.6 Å². The molecule has 1 aliphatic rings. The van der Waals surface area contributed by atoms with Crippen molar-refractivity contribution < 1.29 is 0 Å². The van der Waals surface area contributed by atoms with Gasteiger partial charge in [0.1, 0.15) is 0 Å². The van der Waals surface area contributed by atoms with Crippen molar-refractivity contribution in [3.05, 3.63) is 35.0 Å². The van der Waals surface area contributed by atoms with E-state index in [0.717, 1.165) is 30.2 Å². The first-order valence-electron chi connectivity index (χ1n) is 7.47. The third kappa shape index (κ3) is 3.00. The predicted octanol–water partition coefficient (Wildman–Crippen LogP) is 3.40. The summed E-state index contributed by atoms with van der Waals surface area (Å²) in [4.78, 5) is 5.84. The van der Waals surface area contributed by atoms with E-state index >= 15 is 0 Å².